The van der Waals surface area contributed by atoms with E-state index in [1.54, 1.807) is 0 Å². The summed E-state index contributed by atoms with van der Waals surface area (Å²) in [4.78, 5) is 9.40. The van der Waals surface area contributed by atoms with Gasteiger partial charge in [-0.2, -0.15) is 0 Å². The first-order valence-corrected chi connectivity index (χ1v) is 8.49. The molecule has 0 amide bonds. The average molecular weight is 445 g/mol. The zero-order chi connectivity index (χ0) is 16.8. The van der Waals surface area contributed by atoms with Gasteiger partial charge in [0.15, 0.2) is 5.96 Å². The van der Waals surface area contributed by atoms with Crippen LogP contribution in [0.1, 0.15) is 18.1 Å². The Hall–Kier alpha value is -0.860. The lowest BCUT2D eigenvalue weighted by molar-refractivity contribution is 0.140. The minimum atomic E-state index is 0. The van der Waals surface area contributed by atoms with E-state index < -0.39 is 0 Å². The van der Waals surface area contributed by atoms with Gasteiger partial charge in [-0.15, -0.1) is 24.0 Å². The molecule has 1 atom stereocenters. The molecule has 3 N–H and O–H groups in total. The van der Waals surface area contributed by atoms with Crippen LogP contribution in [0.25, 0.3) is 0 Å². The summed E-state index contributed by atoms with van der Waals surface area (Å²) >= 11 is 0. The lowest BCUT2D eigenvalue weighted by Crippen LogP contribution is -2.46. The number of anilines is 1. The summed E-state index contributed by atoms with van der Waals surface area (Å²) in [7, 11) is 2.18. The van der Waals surface area contributed by atoms with Gasteiger partial charge in [0.25, 0.3) is 0 Å². The lowest BCUT2D eigenvalue weighted by atomic mass is 10.1. The van der Waals surface area contributed by atoms with Gasteiger partial charge in [0.1, 0.15) is 0 Å². The van der Waals surface area contributed by atoms with Crippen molar-refractivity contribution in [3.8, 4) is 0 Å². The molecule has 24 heavy (non-hydrogen) atoms. The van der Waals surface area contributed by atoms with E-state index in [0.29, 0.717) is 11.9 Å². The second-order valence-corrected chi connectivity index (χ2v) is 6.86. The normalized spacial score (nSPS) is 18.1. The van der Waals surface area contributed by atoms with Crippen molar-refractivity contribution in [2.24, 2.45) is 16.6 Å². The number of rotatable bonds is 5. The number of guanidine groups is 1. The van der Waals surface area contributed by atoms with Crippen LogP contribution >= 0.6 is 24.0 Å². The molecule has 0 saturated carbocycles. The minimum Gasteiger partial charge on any atom is -0.370 e. The van der Waals surface area contributed by atoms with Crippen molar-refractivity contribution >= 4 is 35.6 Å². The van der Waals surface area contributed by atoms with Crippen molar-refractivity contribution < 1.29 is 0 Å². The Balaban J connectivity index is 0.00000288. The Labute approximate surface area is 163 Å². The summed E-state index contributed by atoms with van der Waals surface area (Å²) in [6, 6.07) is 6.24. The number of piperazine rings is 1. The van der Waals surface area contributed by atoms with Crippen molar-refractivity contribution in [1.82, 2.24) is 9.80 Å². The number of aliphatic imine (C=N–C) groups is 1. The molecule has 1 unspecified atom stereocenters. The molecule has 1 heterocycles. The first-order chi connectivity index (χ1) is 10.9. The molecule has 1 aliphatic heterocycles. The van der Waals surface area contributed by atoms with Gasteiger partial charge in [-0.1, -0.05) is 13.0 Å². The summed E-state index contributed by atoms with van der Waals surface area (Å²) in [6.07, 6.45) is 0. The SMILES string of the molecule is Cc1ccc(NC(N)=NCC(C)CN2CCN(C)CC2)cc1C.I. The molecule has 6 heteroatoms. The highest BCUT2D eigenvalue weighted by atomic mass is 127. The molecule has 0 bridgehead atoms. The number of nitrogens with two attached hydrogens (primary N) is 1. The predicted molar refractivity (Wildman–Crippen MR) is 115 cm³/mol. The summed E-state index contributed by atoms with van der Waals surface area (Å²) in [5.41, 5.74) is 9.55. The van der Waals surface area contributed by atoms with Gasteiger partial charge in [-0.3, -0.25) is 4.99 Å². The molecule has 136 valence electrons. The van der Waals surface area contributed by atoms with Crippen molar-refractivity contribution in [3.63, 3.8) is 0 Å². The number of nitrogens with one attached hydrogen (secondary N) is 1. The van der Waals surface area contributed by atoms with Gasteiger partial charge < -0.3 is 20.9 Å². The molecule has 0 radical (unpaired) electrons. The van der Waals surface area contributed by atoms with Crippen LogP contribution in [0, 0.1) is 19.8 Å². The van der Waals surface area contributed by atoms with Crippen molar-refractivity contribution in [3.05, 3.63) is 29.3 Å². The largest absolute Gasteiger partial charge is 0.370 e. The average Bonchev–Trinajstić information content (AvgIpc) is 2.51. The van der Waals surface area contributed by atoms with Crippen LogP contribution in [0.4, 0.5) is 5.69 Å². The fourth-order valence-corrected chi connectivity index (χ4v) is 2.79. The van der Waals surface area contributed by atoms with Crippen LogP contribution in [0.3, 0.4) is 0 Å². The number of benzene rings is 1. The Morgan fingerprint density at radius 1 is 1.21 bits per heavy atom. The molecule has 1 aromatic rings. The van der Waals surface area contributed by atoms with Gasteiger partial charge in [-0.25, -0.2) is 0 Å². The van der Waals surface area contributed by atoms with Crippen LogP contribution in [-0.2, 0) is 0 Å². The van der Waals surface area contributed by atoms with E-state index in [9.17, 15) is 0 Å². The molecule has 5 nitrogen and oxygen atoms in total. The molecule has 1 aliphatic rings. The predicted octanol–water partition coefficient (Wildman–Crippen LogP) is 2.53. The zero-order valence-corrected chi connectivity index (χ0v) is 17.7. The zero-order valence-electron chi connectivity index (χ0n) is 15.4. The summed E-state index contributed by atoms with van der Waals surface area (Å²) < 4.78 is 0. The number of halogens is 1. The van der Waals surface area contributed by atoms with Crippen LogP contribution in [0.5, 0.6) is 0 Å². The summed E-state index contributed by atoms with van der Waals surface area (Å²) in [6.45, 7) is 12.9. The highest BCUT2D eigenvalue weighted by molar-refractivity contribution is 14.0. The minimum absolute atomic E-state index is 0. The fourth-order valence-electron chi connectivity index (χ4n) is 2.79. The first kappa shape index (κ1) is 21.2. The molecule has 0 aliphatic carbocycles. The van der Waals surface area contributed by atoms with Crippen LogP contribution in [0.15, 0.2) is 23.2 Å². The second kappa shape index (κ2) is 10.2. The van der Waals surface area contributed by atoms with E-state index in [-0.39, 0.29) is 24.0 Å². The Morgan fingerprint density at radius 3 is 2.50 bits per heavy atom. The smallest absolute Gasteiger partial charge is 0.193 e. The molecule has 0 aromatic heterocycles. The van der Waals surface area contributed by atoms with E-state index in [4.69, 9.17) is 5.73 Å². The van der Waals surface area contributed by atoms with E-state index in [1.807, 2.05) is 6.07 Å². The topological polar surface area (TPSA) is 56.9 Å². The molecular weight excluding hydrogens is 413 g/mol. The van der Waals surface area contributed by atoms with E-state index in [0.717, 1.165) is 45.0 Å². The van der Waals surface area contributed by atoms with E-state index >= 15 is 0 Å². The number of likely N-dealkylation sites (N-methyl/N-ethyl adjacent to an activating group) is 1. The van der Waals surface area contributed by atoms with Gasteiger partial charge in [-0.05, 0) is 50.1 Å². The molecule has 1 aromatic carbocycles. The first-order valence-electron chi connectivity index (χ1n) is 8.49. The standard InChI is InChI=1S/C18H31N5.HI/c1-14(13-23-9-7-22(4)8-10-23)12-20-18(19)21-17-6-5-15(2)16(3)11-17;/h5-6,11,14H,7-10,12-13H2,1-4H3,(H3,19,20,21);1H. The summed E-state index contributed by atoms with van der Waals surface area (Å²) in [5.74, 6) is 1.01. The summed E-state index contributed by atoms with van der Waals surface area (Å²) in [5, 5.41) is 3.18. The highest BCUT2D eigenvalue weighted by Gasteiger charge is 2.15. The Morgan fingerprint density at radius 2 is 1.88 bits per heavy atom. The van der Waals surface area contributed by atoms with Crippen molar-refractivity contribution in [2.45, 2.75) is 20.8 Å². The maximum atomic E-state index is 6.01. The van der Waals surface area contributed by atoms with Gasteiger partial charge >= 0.3 is 0 Å². The Kier molecular flexibility index (Phi) is 9.01. The highest BCUT2D eigenvalue weighted by Crippen LogP contribution is 2.13. The number of nitrogens with zero attached hydrogens (tertiary/aromatic N) is 3. The van der Waals surface area contributed by atoms with Crippen molar-refractivity contribution in [1.29, 1.82) is 0 Å². The van der Waals surface area contributed by atoms with Crippen molar-refractivity contribution in [2.75, 3.05) is 51.6 Å². The number of hydrogen-bond donors (Lipinski definition) is 2. The van der Waals surface area contributed by atoms with E-state index in [2.05, 4.69) is 60.1 Å². The Bertz CT molecular complexity index is 538. The maximum Gasteiger partial charge on any atom is 0.193 e. The maximum absolute atomic E-state index is 6.01. The molecule has 1 fully saturated rings. The molecule has 2 rings (SSSR count). The second-order valence-electron chi connectivity index (χ2n) is 6.86. The number of hydrogen-bond acceptors (Lipinski definition) is 3. The van der Waals surface area contributed by atoms with Crippen LogP contribution in [-0.4, -0.2) is 62.1 Å². The lowest BCUT2D eigenvalue weighted by Gasteiger charge is -2.33. The van der Waals surface area contributed by atoms with E-state index in [1.165, 1.54) is 11.1 Å². The third-order valence-electron chi connectivity index (χ3n) is 4.52. The molecular formula is C18H32IN5. The van der Waals surface area contributed by atoms with Crippen LogP contribution in [0.2, 0.25) is 0 Å². The third kappa shape index (κ3) is 6.94. The van der Waals surface area contributed by atoms with Crippen LogP contribution < -0.4 is 11.1 Å². The monoisotopic (exact) mass is 445 g/mol. The third-order valence-corrected chi connectivity index (χ3v) is 4.52. The number of aryl methyl sites for hydroxylation is 2. The molecule has 1 saturated heterocycles. The quantitative estimate of drug-likeness (QED) is 0.416. The van der Waals surface area contributed by atoms with Gasteiger partial charge in [0, 0.05) is 45.0 Å². The molecule has 0 spiro atoms. The van der Waals surface area contributed by atoms with Gasteiger partial charge in [0.2, 0.25) is 0 Å². The fraction of sp³-hybridized carbons (Fsp3) is 0.611. The van der Waals surface area contributed by atoms with Gasteiger partial charge in [0.05, 0.1) is 0 Å².